The van der Waals surface area contributed by atoms with Gasteiger partial charge in [-0.15, -0.1) is 0 Å². The molecule has 1 heterocycles. The van der Waals surface area contributed by atoms with Gasteiger partial charge in [-0.1, -0.05) is 0 Å². The van der Waals surface area contributed by atoms with Crippen LogP contribution in [0.3, 0.4) is 0 Å². The lowest BCUT2D eigenvalue weighted by Gasteiger charge is -2.19. The molecule has 2 rings (SSSR count). The summed E-state index contributed by atoms with van der Waals surface area (Å²) in [5.41, 5.74) is -0.274. The first-order valence-electron chi connectivity index (χ1n) is 8.23. The first-order chi connectivity index (χ1) is 13.1. The Morgan fingerprint density at radius 2 is 2.07 bits per heavy atom. The smallest absolute Gasteiger partial charge is 0.407 e. The lowest BCUT2D eigenvalue weighted by atomic mass is 10.1. The molecular weight excluding hydrogens is 377 g/mol. The first-order valence-corrected chi connectivity index (χ1v) is 8.23. The second-order valence-electron chi connectivity index (χ2n) is 6.84. The number of nitrogens with one attached hydrogen (secondary N) is 1. The molecule has 150 valence electrons. The molecule has 1 N–H and O–H groups in total. The fraction of sp³-hybridized carbons (Fsp3) is 0.389. The molecule has 1 aromatic carbocycles. The molecule has 0 aliphatic rings. The highest BCUT2D eigenvalue weighted by molar-refractivity contribution is 5.67. The lowest BCUT2D eigenvalue weighted by molar-refractivity contribution is -0.0502. The van der Waals surface area contributed by atoms with E-state index in [1.807, 2.05) is 0 Å². The number of benzene rings is 1. The van der Waals surface area contributed by atoms with Gasteiger partial charge in [0, 0.05) is 18.3 Å². The molecule has 28 heavy (non-hydrogen) atoms. The Balaban J connectivity index is 2.06. The minimum absolute atomic E-state index is 0.0503. The molecule has 0 saturated heterocycles. The third-order valence-corrected chi connectivity index (χ3v) is 3.31. The number of nitrogens with zero attached hydrogens (tertiary/aromatic N) is 3. The van der Waals surface area contributed by atoms with E-state index in [1.165, 1.54) is 16.9 Å². The summed E-state index contributed by atoms with van der Waals surface area (Å²) in [5, 5.41) is 15.5. The molecule has 0 aliphatic heterocycles. The average Bonchev–Trinajstić information content (AvgIpc) is 2.98. The normalized spacial score (nSPS) is 11.2. The van der Waals surface area contributed by atoms with E-state index in [0.29, 0.717) is 5.56 Å². The molecule has 2 aromatic rings. The van der Waals surface area contributed by atoms with Gasteiger partial charge in [0.2, 0.25) is 0 Å². The van der Waals surface area contributed by atoms with Gasteiger partial charge in [0.1, 0.15) is 28.8 Å². The fourth-order valence-corrected chi connectivity index (χ4v) is 2.28. The molecule has 0 saturated carbocycles. The van der Waals surface area contributed by atoms with Crippen LogP contribution in [-0.2, 0) is 17.8 Å². The molecule has 7 nitrogen and oxygen atoms in total. The number of hydrogen-bond acceptors (Lipinski definition) is 5. The van der Waals surface area contributed by atoms with Crippen LogP contribution >= 0.6 is 0 Å². The van der Waals surface area contributed by atoms with Gasteiger partial charge >= 0.3 is 12.7 Å². The van der Waals surface area contributed by atoms with Gasteiger partial charge < -0.3 is 14.8 Å². The van der Waals surface area contributed by atoms with Crippen molar-refractivity contribution in [1.82, 2.24) is 15.1 Å². The van der Waals surface area contributed by atoms with Gasteiger partial charge in [-0.05, 0) is 38.5 Å². The van der Waals surface area contributed by atoms with Crippen LogP contribution < -0.4 is 10.1 Å². The summed E-state index contributed by atoms with van der Waals surface area (Å²) >= 11 is 0. The van der Waals surface area contributed by atoms with E-state index in [0.717, 1.165) is 12.1 Å². The van der Waals surface area contributed by atoms with Crippen LogP contribution in [0.1, 0.15) is 37.5 Å². The van der Waals surface area contributed by atoms with Crippen molar-refractivity contribution < 1.29 is 27.4 Å². The molecule has 1 amide bonds. The molecule has 0 fully saturated rings. The Morgan fingerprint density at radius 1 is 1.36 bits per heavy atom. The third-order valence-electron chi connectivity index (χ3n) is 3.31. The van der Waals surface area contributed by atoms with Crippen molar-refractivity contribution in [3.8, 4) is 11.8 Å². The number of carbonyl (C=O) groups excluding carboxylic acids is 1. The SMILES string of the molecule is CC(C)(C)OC(=O)NCc1cnn(Cc2cc(F)c(C#N)c(OC(F)F)c2)c1. The Hall–Kier alpha value is -3.22. The van der Waals surface area contributed by atoms with E-state index >= 15 is 0 Å². The van der Waals surface area contributed by atoms with Crippen molar-refractivity contribution in [2.75, 3.05) is 0 Å². The van der Waals surface area contributed by atoms with Crippen LogP contribution in [0.4, 0.5) is 18.0 Å². The zero-order chi connectivity index (χ0) is 20.9. The quantitative estimate of drug-likeness (QED) is 0.806. The number of aromatic nitrogens is 2. The van der Waals surface area contributed by atoms with Crippen molar-refractivity contribution >= 4 is 6.09 Å². The monoisotopic (exact) mass is 396 g/mol. The highest BCUT2D eigenvalue weighted by Gasteiger charge is 2.17. The number of rotatable bonds is 6. The second-order valence-corrected chi connectivity index (χ2v) is 6.84. The molecule has 0 unspecified atom stereocenters. The van der Waals surface area contributed by atoms with E-state index in [9.17, 15) is 18.0 Å². The topological polar surface area (TPSA) is 89.2 Å². The molecule has 0 aliphatic carbocycles. The van der Waals surface area contributed by atoms with E-state index in [2.05, 4.69) is 15.2 Å². The first kappa shape index (κ1) is 21.1. The van der Waals surface area contributed by atoms with Crippen LogP contribution in [-0.4, -0.2) is 28.1 Å². The molecule has 0 radical (unpaired) electrons. The highest BCUT2D eigenvalue weighted by Crippen LogP contribution is 2.25. The third kappa shape index (κ3) is 6.19. The van der Waals surface area contributed by atoms with Gasteiger partial charge in [0.25, 0.3) is 0 Å². The Morgan fingerprint density at radius 3 is 2.68 bits per heavy atom. The van der Waals surface area contributed by atoms with Crippen molar-refractivity contribution in [3.05, 3.63) is 47.0 Å². The summed E-state index contributed by atoms with van der Waals surface area (Å²) in [4.78, 5) is 11.6. The zero-order valence-electron chi connectivity index (χ0n) is 15.5. The van der Waals surface area contributed by atoms with Crippen LogP contribution in [0.25, 0.3) is 0 Å². The van der Waals surface area contributed by atoms with Gasteiger partial charge in [-0.3, -0.25) is 4.68 Å². The maximum Gasteiger partial charge on any atom is 0.407 e. The van der Waals surface area contributed by atoms with E-state index in [4.69, 9.17) is 10.00 Å². The zero-order valence-corrected chi connectivity index (χ0v) is 15.5. The number of nitriles is 1. The number of carbonyl (C=O) groups is 1. The number of halogens is 3. The number of alkyl halides is 2. The Labute approximate surface area is 159 Å². The van der Waals surface area contributed by atoms with Crippen LogP contribution in [0.5, 0.6) is 5.75 Å². The van der Waals surface area contributed by atoms with Gasteiger partial charge in [-0.25, -0.2) is 9.18 Å². The van der Waals surface area contributed by atoms with E-state index in [1.54, 1.807) is 27.0 Å². The minimum Gasteiger partial charge on any atom is -0.444 e. The van der Waals surface area contributed by atoms with Gasteiger partial charge in [0.05, 0.1) is 12.7 Å². The number of alkyl carbamates (subject to hydrolysis) is 1. The van der Waals surface area contributed by atoms with E-state index < -0.39 is 35.4 Å². The standard InChI is InChI=1S/C18H19F3N4O3/c1-18(2,3)28-17(26)23-7-12-8-24-25(10-12)9-11-4-14(19)13(6-22)15(5-11)27-16(20)21/h4-5,8,10,16H,7,9H2,1-3H3,(H,23,26). The van der Waals surface area contributed by atoms with Crippen molar-refractivity contribution in [3.63, 3.8) is 0 Å². The lowest BCUT2D eigenvalue weighted by Crippen LogP contribution is -2.32. The summed E-state index contributed by atoms with van der Waals surface area (Å²) in [6.45, 7) is 2.26. The summed E-state index contributed by atoms with van der Waals surface area (Å²) in [5.74, 6) is -1.50. The number of hydrogen-bond donors (Lipinski definition) is 1. The summed E-state index contributed by atoms with van der Waals surface area (Å²) in [6, 6.07) is 3.71. The molecular formula is C18H19F3N4O3. The maximum absolute atomic E-state index is 14.0. The molecule has 0 atom stereocenters. The van der Waals surface area contributed by atoms with Crippen LogP contribution in [0, 0.1) is 17.1 Å². The van der Waals surface area contributed by atoms with Crippen molar-refractivity contribution in [1.29, 1.82) is 5.26 Å². The van der Waals surface area contributed by atoms with E-state index in [-0.39, 0.29) is 18.7 Å². The molecule has 0 bridgehead atoms. The molecule has 10 heteroatoms. The Bertz CT molecular complexity index is 885. The van der Waals surface area contributed by atoms with Crippen LogP contribution in [0.15, 0.2) is 24.5 Å². The predicted molar refractivity (Wildman–Crippen MR) is 92.1 cm³/mol. The molecule has 1 aromatic heterocycles. The number of amides is 1. The van der Waals surface area contributed by atoms with Crippen molar-refractivity contribution in [2.45, 2.75) is 46.1 Å². The Kier molecular flexibility index (Phi) is 6.51. The second kappa shape index (κ2) is 8.65. The van der Waals surface area contributed by atoms with Gasteiger partial charge in [0.15, 0.2) is 0 Å². The minimum atomic E-state index is -3.18. The largest absolute Gasteiger partial charge is 0.444 e. The molecule has 0 spiro atoms. The summed E-state index contributed by atoms with van der Waals surface area (Å²) < 4.78 is 49.7. The predicted octanol–water partition coefficient (Wildman–Crippen LogP) is 3.57. The van der Waals surface area contributed by atoms with Crippen molar-refractivity contribution in [2.24, 2.45) is 0 Å². The summed E-state index contributed by atoms with van der Waals surface area (Å²) in [7, 11) is 0. The summed E-state index contributed by atoms with van der Waals surface area (Å²) in [6.07, 6.45) is 2.51. The van der Waals surface area contributed by atoms with Gasteiger partial charge in [-0.2, -0.15) is 19.1 Å². The van der Waals surface area contributed by atoms with Crippen LogP contribution in [0.2, 0.25) is 0 Å². The highest BCUT2D eigenvalue weighted by atomic mass is 19.3. The fourth-order valence-electron chi connectivity index (χ4n) is 2.28. The average molecular weight is 396 g/mol. The number of ether oxygens (including phenoxy) is 2. The maximum atomic E-state index is 14.0.